The van der Waals surface area contributed by atoms with E-state index in [2.05, 4.69) is 15.5 Å². The molecule has 2 aromatic heterocycles. The van der Waals surface area contributed by atoms with E-state index in [9.17, 15) is 34.2 Å². The first-order valence-electron chi connectivity index (χ1n) is 19.0. The Morgan fingerprint density at radius 1 is 1.05 bits per heavy atom. The molecule has 2 aromatic carbocycles. The largest absolute Gasteiger partial charge is 0.504 e. The first-order chi connectivity index (χ1) is 28.2. The number of phenolic OH excluding ortho intramolecular Hbond substituents is 2. The molecule has 0 saturated carbocycles. The monoisotopic (exact) mass is 855 g/mol. The number of ether oxygens (including phenoxy) is 1. The van der Waals surface area contributed by atoms with Crippen LogP contribution in [0.15, 0.2) is 82.9 Å². The van der Waals surface area contributed by atoms with Crippen molar-refractivity contribution < 1.29 is 48.3 Å². The third-order valence-corrected chi connectivity index (χ3v) is 11.6. The third-order valence-electron chi connectivity index (χ3n) is 9.51. The summed E-state index contributed by atoms with van der Waals surface area (Å²) in [6, 6.07) is 11.8. The minimum atomic E-state index is -1.52. The molecule has 0 spiro atoms. The first-order valence-corrected chi connectivity index (χ1v) is 20.9. The Hall–Kier alpha value is -6.07. The highest BCUT2D eigenvalue weighted by molar-refractivity contribution is 8.00. The summed E-state index contributed by atoms with van der Waals surface area (Å²) in [7, 11) is 1.75. The van der Waals surface area contributed by atoms with E-state index in [1.165, 1.54) is 67.0 Å². The van der Waals surface area contributed by atoms with E-state index in [4.69, 9.17) is 9.57 Å². The summed E-state index contributed by atoms with van der Waals surface area (Å²) in [5, 5.41) is 28.1. The molecule has 0 unspecified atom stereocenters. The van der Waals surface area contributed by atoms with Gasteiger partial charge in [0.15, 0.2) is 28.8 Å². The number of aromatic hydroxyl groups is 2. The number of amides is 2. The van der Waals surface area contributed by atoms with Crippen molar-refractivity contribution in [2.24, 2.45) is 18.1 Å². The molecule has 2 amide bonds. The maximum absolute atomic E-state index is 13.8. The SMILES string of the molecule is CC(=O)C1=C(C=Cc2ccc(C[n+]3cc(C(=O)Nc4ccc(O)c(O)c4)n(C)c3)cc2)CS[C@@H]2[C@H](CC(=O)/C(=N\OC(C)(C)C(=O)OC(C)(C)C)c3csc(C)n3)C(=O)N12. The molecule has 2 atom stereocenters. The fraction of sp³-hybridized carbons (Fsp3) is 0.349. The van der Waals surface area contributed by atoms with Gasteiger partial charge in [-0.25, -0.2) is 18.9 Å². The minimum Gasteiger partial charge on any atom is -0.504 e. The van der Waals surface area contributed by atoms with Crippen molar-refractivity contribution >= 4 is 69.9 Å². The van der Waals surface area contributed by atoms with Crippen molar-refractivity contribution in [3.63, 3.8) is 0 Å². The molecule has 15 nitrogen and oxygen atoms in total. The van der Waals surface area contributed by atoms with E-state index < -0.39 is 34.2 Å². The topological polar surface area (TPSA) is 194 Å². The Bertz CT molecular complexity index is 2460. The van der Waals surface area contributed by atoms with Gasteiger partial charge in [0.2, 0.25) is 23.5 Å². The second-order valence-electron chi connectivity index (χ2n) is 16.0. The first kappa shape index (κ1) is 43.5. The van der Waals surface area contributed by atoms with E-state index in [1.807, 2.05) is 41.0 Å². The predicted molar refractivity (Wildman–Crippen MR) is 226 cm³/mol. The van der Waals surface area contributed by atoms with E-state index in [0.29, 0.717) is 40.0 Å². The number of thiazole rings is 1. The van der Waals surface area contributed by atoms with Crippen LogP contribution in [0.25, 0.3) is 6.08 Å². The molecule has 2 aliphatic rings. The van der Waals surface area contributed by atoms with Crippen molar-refractivity contribution in [2.75, 3.05) is 11.1 Å². The summed E-state index contributed by atoms with van der Waals surface area (Å²) in [5.41, 5.74) is 1.45. The quantitative estimate of drug-likeness (QED) is 0.0269. The zero-order valence-corrected chi connectivity index (χ0v) is 36.1. The summed E-state index contributed by atoms with van der Waals surface area (Å²) >= 11 is 2.79. The Kier molecular flexibility index (Phi) is 12.5. The van der Waals surface area contributed by atoms with Gasteiger partial charge in [-0.05, 0) is 70.4 Å². The zero-order chi connectivity index (χ0) is 43.7. The number of oxime groups is 1. The van der Waals surface area contributed by atoms with Gasteiger partial charge in [-0.3, -0.25) is 24.1 Å². The molecule has 1 fully saturated rings. The number of thioether (sulfide) groups is 1. The van der Waals surface area contributed by atoms with Crippen LogP contribution < -0.4 is 9.88 Å². The molecule has 3 N–H and O–H groups in total. The lowest BCUT2D eigenvalue weighted by molar-refractivity contribution is -0.687. The van der Waals surface area contributed by atoms with Gasteiger partial charge < -0.3 is 25.1 Å². The third kappa shape index (κ3) is 9.85. The Labute approximate surface area is 355 Å². The second kappa shape index (κ2) is 17.3. The van der Waals surface area contributed by atoms with Crippen molar-refractivity contribution in [2.45, 2.75) is 78.0 Å². The standard InChI is InChI=1S/C43H46N6O9S2/c1-24(50)37-28(14-13-26-9-11-27(12-10-26)19-48-20-32(47(8)23-48)38(54)45-29-15-16-33(51)34(52)17-29)21-60-40-30(39(55)49(37)40)18-35(53)36(31-22-59-25(2)44-31)46-58-43(6,7)41(56)57-42(3,4)5/h9-17,20,22-23,30,40H,18-19,21H2,1-8H3,(H2-,45,46,51,52,53,54)/p+1/t30-,40-/m1/s1. The van der Waals surface area contributed by atoms with Crippen LogP contribution in [0.1, 0.15) is 80.3 Å². The fourth-order valence-corrected chi connectivity index (χ4v) is 8.46. The molecular formula is C43H47N6O9S2+. The number of benzene rings is 2. The molecule has 314 valence electrons. The number of rotatable bonds is 14. The van der Waals surface area contributed by atoms with Crippen LogP contribution in [-0.4, -0.2) is 82.1 Å². The number of β-lactam (4-membered cyclic amide) rings is 1. The smallest absolute Gasteiger partial charge is 0.353 e. The Morgan fingerprint density at radius 2 is 1.77 bits per heavy atom. The van der Waals surface area contributed by atoms with Crippen LogP contribution in [0.4, 0.5) is 5.69 Å². The number of aromatic nitrogens is 3. The number of carbonyl (C=O) groups is 5. The van der Waals surface area contributed by atoms with E-state index >= 15 is 0 Å². The number of fused-ring (bicyclic) bond motifs is 1. The van der Waals surface area contributed by atoms with E-state index in [-0.39, 0.29) is 46.9 Å². The maximum Gasteiger partial charge on any atom is 0.353 e. The number of phenols is 2. The summed E-state index contributed by atoms with van der Waals surface area (Å²) in [4.78, 5) is 77.7. The molecule has 6 rings (SSSR count). The normalized spacial score (nSPS) is 17.0. The van der Waals surface area contributed by atoms with E-state index in [1.54, 1.807) is 57.2 Å². The summed E-state index contributed by atoms with van der Waals surface area (Å²) in [6.07, 6.45) is 7.03. The average molecular weight is 856 g/mol. The number of Topliss-reactive ketones (excluding diaryl/α,β-unsaturated/α-hetero) is 2. The van der Waals surface area contributed by atoms with Crippen LogP contribution in [0.5, 0.6) is 11.5 Å². The van der Waals surface area contributed by atoms with Crippen molar-refractivity contribution in [1.29, 1.82) is 0 Å². The number of nitrogens with one attached hydrogen (secondary N) is 1. The number of hydrogen-bond donors (Lipinski definition) is 3. The fourth-order valence-electron chi connectivity index (χ4n) is 6.48. The van der Waals surface area contributed by atoms with Crippen LogP contribution >= 0.6 is 23.1 Å². The maximum atomic E-state index is 13.8. The van der Waals surface area contributed by atoms with Crippen LogP contribution in [0, 0.1) is 12.8 Å². The molecule has 4 heterocycles. The number of carbonyl (C=O) groups excluding carboxylic acids is 5. The lowest BCUT2D eigenvalue weighted by atomic mass is 9.88. The second-order valence-corrected chi connectivity index (χ2v) is 18.2. The molecule has 1 saturated heterocycles. The van der Waals surface area contributed by atoms with Crippen molar-refractivity contribution in [3.05, 3.63) is 105 Å². The number of anilines is 1. The summed E-state index contributed by atoms with van der Waals surface area (Å²) < 4.78 is 9.01. The molecule has 0 aliphatic carbocycles. The average Bonchev–Trinajstić information content (AvgIpc) is 3.77. The number of ketones is 2. The van der Waals surface area contributed by atoms with Gasteiger partial charge in [-0.1, -0.05) is 41.6 Å². The van der Waals surface area contributed by atoms with Crippen molar-refractivity contribution in [1.82, 2.24) is 14.5 Å². The lowest BCUT2D eigenvalue weighted by Gasteiger charge is -2.49. The highest BCUT2D eigenvalue weighted by Gasteiger charge is 2.53. The summed E-state index contributed by atoms with van der Waals surface area (Å²) in [6.45, 7) is 11.9. The lowest BCUT2D eigenvalue weighted by Crippen LogP contribution is -2.61. The number of allylic oxidation sites excluding steroid dienone is 2. The van der Waals surface area contributed by atoms with Gasteiger partial charge in [-0.15, -0.1) is 23.1 Å². The molecule has 17 heteroatoms. The Balaban J connectivity index is 1.11. The molecule has 0 radical (unpaired) electrons. The number of esters is 1. The van der Waals surface area contributed by atoms with Crippen LogP contribution in [-0.2, 0) is 42.3 Å². The number of nitrogens with zero attached hydrogens (tertiary/aromatic N) is 5. The predicted octanol–water partition coefficient (Wildman–Crippen LogP) is 5.68. The highest BCUT2D eigenvalue weighted by atomic mass is 32.2. The highest BCUT2D eigenvalue weighted by Crippen LogP contribution is 2.46. The Morgan fingerprint density at radius 3 is 2.40 bits per heavy atom. The number of imidazole rings is 1. The van der Waals surface area contributed by atoms with Gasteiger partial charge in [0.05, 0.1) is 29.0 Å². The summed E-state index contributed by atoms with van der Waals surface area (Å²) in [5.74, 6) is -3.02. The molecule has 4 aromatic rings. The zero-order valence-electron chi connectivity index (χ0n) is 34.5. The molecular weight excluding hydrogens is 809 g/mol. The van der Waals surface area contributed by atoms with Crippen LogP contribution in [0.2, 0.25) is 0 Å². The van der Waals surface area contributed by atoms with Gasteiger partial charge >= 0.3 is 5.97 Å². The van der Waals surface area contributed by atoms with E-state index in [0.717, 1.165) is 11.1 Å². The molecule has 2 aliphatic heterocycles. The van der Waals surface area contributed by atoms with Gasteiger partial charge in [0.25, 0.3) is 5.91 Å². The molecule has 60 heavy (non-hydrogen) atoms. The minimum absolute atomic E-state index is 0.107. The van der Waals surface area contributed by atoms with Gasteiger partial charge in [-0.2, -0.15) is 0 Å². The van der Waals surface area contributed by atoms with Gasteiger partial charge in [0.1, 0.15) is 24.0 Å². The van der Waals surface area contributed by atoms with Crippen LogP contribution in [0.3, 0.4) is 0 Å². The van der Waals surface area contributed by atoms with Crippen molar-refractivity contribution in [3.8, 4) is 11.5 Å². The van der Waals surface area contributed by atoms with Gasteiger partial charge in [0, 0.05) is 36.2 Å². The molecule has 0 bridgehead atoms. The number of hydrogen-bond acceptors (Lipinski definition) is 13. The number of aryl methyl sites for hydroxylation is 2.